The molecule has 6 heteroatoms. The molecule has 1 atom stereocenters. The van der Waals surface area contributed by atoms with Crippen LogP contribution in [0, 0.1) is 0 Å². The molecule has 1 amide bonds. The predicted octanol–water partition coefficient (Wildman–Crippen LogP) is 2.29. The van der Waals surface area contributed by atoms with Crippen LogP contribution in [0.2, 0.25) is 0 Å². The Labute approximate surface area is 140 Å². The van der Waals surface area contributed by atoms with Gasteiger partial charge in [-0.2, -0.15) is 5.10 Å². The van der Waals surface area contributed by atoms with Crippen LogP contribution >= 0.6 is 0 Å². The van der Waals surface area contributed by atoms with Crippen molar-refractivity contribution in [2.45, 2.75) is 38.8 Å². The molecule has 1 aromatic heterocycles. The van der Waals surface area contributed by atoms with Crippen LogP contribution < -0.4 is 10.1 Å². The molecule has 1 aliphatic rings. The van der Waals surface area contributed by atoms with Gasteiger partial charge in [-0.1, -0.05) is 18.2 Å². The van der Waals surface area contributed by atoms with Gasteiger partial charge in [-0.3, -0.25) is 9.59 Å². The molecule has 1 N–H and O–H groups in total. The number of aromatic nitrogens is 2. The number of hydrogen-bond donors (Lipinski definition) is 1. The SMILES string of the molecule is COc1ccccc1CNC(=O)C(C)n1ncc2c1C(=O)CCC2. The van der Waals surface area contributed by atoms with E-state index in [1.807, 2.05) is 24.3 Å². The molecule has 1 aromatic carbocycles. The molecule has 1 heterocycles. The Morgan fingerprint density at radius 3 is 2.96 bits per heavy atom. The molecule has 0 fully saturated rings. The van der Waals surface area contributed by atoms with Crippen LogP contribution in [-0.4, -0.2) is 28.6 Å². The number of aryl methyl sites for hydroxylation is 1. The number of fused-ring (bicyclic) bond motifs is 1. The topological polar surface area (TPSA) is 73.2 Å². The van der Waals surface area contributed by atoms with E-state index in [2.05, 4.69) is 10.4 Å². The zero-order valence-corrected chi connectivity index (χ0v) is 13.9. The molecule has 0 aliphatic heterocycles. The highest BCUT2D eigenvalue weighted by molar-refractivity contribution is 5.97. The minimum atomic E-state index is -0.537. The van der Waals surface area contributed by atoms with Crippen LogP contribution in [0.15, 0.2) is 30.5 Å². The third-order valence-electron chi connectivity index (χ3n) is 4.38. The van der Waals surface area contributed by atoms with Crippen LogP contribution in [0.25, 0.3) is 0 Å². The van der Waals surface area contributed by atoms with E-state index >= 15 is 0 Å². The monoisotopic (exact) mass is 327 g/mol. The number of nitrogens with zero attached hydrogens (tertiary/aromatic N) is 2. The number of ether oxygens (including phenoxy) is 1. The molecule has 0 radical (unpaired) electrons. The van der Waals surface area contributed by atoms with Crippen molar-refractivity contribution >= 4 is 11.7 Å². The lowest BCUT2D eigenvalue weighted by Gasteiger charge is -2.18. The van der Waals surface area contributed by atoms with Crippen LogP contribution in [0.5, 0.6) is 5.75 Å². The molecule has 3 rings (SSSR count). The molecule has 1 aliphatic carbocycles. The highest BCUT2D eigenvalue weighted by atomic mass is 16.5. The van der Waals surface area contributed by atoms with E-state index in [0.29, 0.717) is 18.7 Å². The Balaban J connectivity index is 1.72. The zero-order chi connectivity index (χ0) is 17.1. The highest BCUT2D eigenvalue weighted by Gasteiger charge is 2.27. The van der Waals surface area contributed by atoms with Gasteiger partial charge in [0, 0.05) is 24.1 Å². The van der Waals surface area contributed by atoms with Crippen molar-refractivity contribution in [3.63, 3.8) is 0 Å². The van der Waals surface area contributed by atoms with E-state index in [0.717, 1.165) is 29.7 Å². The molecule has 1 unspecified atom stereocenters. The van der Waals surface area contributed by atoms with Gasteiger partial charge in [0.2, 0.25) is 5.91 Å². The first-order valence-electron chi connectivity index (χ1n) is 8.11. The fraction of sp³-hybridized carbons (Fsp3) is 0.389. The molecule has 2 aromatic rings. The van der Waals surface area contributed by atoms with Gasteiger partial charge in [-0.15, -0.1) is 0 Å². The summed E-state index contributed by atoms with van der Waals surface area (Å²) in [6, 6.07) is 7.01. The van der Waals surface area contributed by atoms with E-state index < -0.39 is 6.04 Å². The molecule has 0 saturated carbocycles. The number of carbonyl (C=O) groups excluding carboxylic acids is 2. The molecule has 0 saturated heterocycles. The van der Waals surface area contributed by atoms with Crippen LogP contribution in [0.4, 0.5) is 0 Å². The Morgan fingerprint density at radius 1 is 1.38 bits per heavy atom. The molecular weight excluding hydrogens is 306 g/mol. The van der Waals surface area contributed by atoms with Crippen molar-refractivity contribution in [2.24, 2.45) is 0 Å². The Morgan fingerprint density at radius 2 is 2.17 bits per heavy atom. The van der Waals surface area contributed by atoms with Gasteiger partial charge in [0.05, 0.1) is 13.3 Å². The summed E-state index contributed by atoms with van der Waals surface area (Å²) in [4.78, 5) is 24.6. The zero-order valence-electron chi connectivity index (χ0n) is 13.9. The number of nitrogens with one attached hydrogen (secondary N) is 1. The van der Waals surface area contributed by atoms with Crippen molar-refractivity contribution in [3.8, 4) is 5.75 Å². The lowest BCUT2D eigenvalue weighted by Crippen LogP contribution is -2.33. The second-order valence-electron chi connectivity index (χ2n) is 5.95. The first kappa shape index (κ1) is 16.2. The minimum absolute atomic E-state index is 0.0677. The van der Waals surface area contributed by atoms with E-state index in [4.69, 9.17) is 4.74 Å². The standard InChI is InChI=1S/C18H21N3O3/c1-12(21-17-14(11-20-21)7-5-8-15(17)22)18(23)19-10-13-6-3-4-9-16(13)24-2/h3-4,6,9,11-12H,5,7-8,10H2,1-2H3,(H,19,23). The van der Waals surface area contributed by atoms with Crippen LogP contribution in [0.3, 0.4) is 0 Å². The molecular formula is C18H21N3O3. The van der Waals surface area contributed by atoms with Gasteiger partial charge < -0.3 is 10.1 Å². The second kappa shape index (κ2) is 6.86. The third kappa shape index (κ3) is 3.04. The Hall–Kier alpha value is -2.63. The van der Waals surface area contributed by atoms with Gasteiger partial charge in [-0.05, 0) is 25.8 Å². The Kier molecular flexibility index (Phi) is 4.64. The summed E-state index contributed by atoms with van der Waals surface area (Å²) >= 11 is 0. The molecule has 0 spiro atoms. The maximum absolute atomic E-state index is 12.5. The third-order valence-corrected chi connectivity index (χ3v) is 4.38. The van der Waals surface area contributed by atoms with Crippen molar-refractivity contribution in [1.29, 1.82) is 0 Å². The normalized spacial score (nSPS) is 14.8. The first-order chi connectivity index (χ1) is 11.6. The number of amides is 1. The number of carbonyl (C=O) groups is 2. The van der Waals surface area contributed by atoms with Crippen LogP contribution in [-0.2, 0) is 17.8 Å². The number of rotatable bonds is 5. The fourth-order valence-electron chi connectivity index (χ4n) is 3.03. The Bertz CT molecular complexity index is 767. The number of methoxy groups -OCH3 is 1. The van der Waals surface area contributed by atoms with Crippen molar-refractivity contribution < 1.29 is 14.3 Å². The summed E-state index contributed by atoms with van der Waals surface area (Å²) in [5.41, 5.74) is 2.43. The average molecular weight is 327 g/mol. The highest BCUT2D eigenvalue weighted by Crippen LogP contribution is 2.23. The van der Waals surface area contributed by atoms with Gasteiger partial charge in [0.25, 0.3) is 0 Å². The summed E-state index contributed by atoms with van der Waals surface area (Å²) < 4.78 is 6.84. The molecule has 0 bridgehead atoms. The predicted molar refractivity (Wildman–Crippen MR) is 89.0 cm³/mol. The number of Topliss-reactive ketones (excluding diaryl/α,β-unsaturated/α-hetero) is 1. The largest absolute Gasteiger partial charge is 0.496 e. The van der Waals surface area contributed by atoms with Crippen molar-refractivity contribution in [1.82, 2.24) is 15.1 Å². The van der Waals surface area contributed by atoms with E-state index in [1.165, 1.54) is 0 Å². The molecule has 24 heavy (non-hydrogen) atoms. The molecule has 126 valence electrons. The summed E-state index contributed by atoms with van der Waals surface area (Å²) in [5, 5.41) is 7.16. The van der Waals surface area contributed by atoms with Gasteiger partial charge in [0.1, 0.15) is 17.5 Å². The summed E-state index contributed by atoms with van der Waals surface area (Å²) in [6.07, 6.45) is 3.92. The number of hydrogen-bond acceptors (Lipinski definition) is 4. The van der Waals surface area contributed by atoms with Gasteiger partial charge in [-0.25, -0.2) is 4.68 Å². The summed E-state index contributed by atoms with van der Waals surface area (Å²) in [6.45, 7) is 2.12. The maximum atomic E-state index is 12.5. The number of para-hydroxylation sites is 1. The fourth-order valence-corrected chi connectivity index (χ4v) is 3.03. The summed E-state index contributed by atoms with van der Waals surface area (Å²) in [7, 11) is 1.60. The van der Waals surface area contributed by atoms with Gasteiger partial charge >= 0.3 is 0 Å². The quantitative estimate of drug-likeness (QED) is 0.914. The van der Waals surface area contributed by atoms with Crippen molar-refractivity contribution in [3.05, 3.63) is 47.3 Å². The van der Waals surface area contributed by atoms with Crippen LogP contribution in [0.1, 0.15) is 47.4 Å². The number of ketones is 1. The first-order valence-corrected chi connectivity index (χ1v) is 8.11. The maximum Gasteiger partial charge on any atom is 0.244 e. The van der Waals surface area contributed by atoms with Crippen molar-refractivity contribution in [2.75, 3.05) is 7.11 Å². The number of benzene rings is 1. The van der Waals surface area contributed by atoms with E-state index in [1.54, 1.807) is 24.9 Å². The van der Waals surface area contributed by atoms with Gasteiger partial charge in [0.15, 0.2) is 5.78 Å². The second-order valence-corrected chi connectivity index (χ2v) is 5.95. The molecule has 6 nitrogen and oxygen atoms in total. The lowest BCUT2D eigenvalue weighted by atomic mass is 9.97. The summed E-state index contributed by atoms with van der Waals surface area (Å²) in [5.74, 6) is 0.625. The average Bonchev–Trinajstić information content (AvgIpc) is 3.04. The minimum Gasteiger partial charge on any atom is -0.496 e. The van der Waals surface area contributed by atoms with E-state index in [9.17, 15) is 9.59 Å². The lowest BCUT2D eigenvalue weighted by molar-refractivity contribution is -0.124. The van der Waals surface area contributed by atoms with E-state index in [-0.39, 0.29) is 11.7 Å². The smallest absolute Gasteiger partial charge is 0.244 e.